The molecular weight excluding hydrogens is 279 g/mol. The fourth-order valence-electron chi connectivity index (χ4n) is 2.27. The van der Waals surface area contributed by atoms with Gasteiger partial charge in [-0.2, -0.15) is 0 Å². The van der Waals surface area contributed by atoms with E-state index < -0.39 is 0 Å². The maximum absolute atomic E-state index is 13.1. The normalized spacial score (nSPS) is 10.8. The van der Waals surface area contributed by atoms with Crippen molar-refractivity contribution >= 4 is 11.6 Å². The van der Waals surface area contributed by atoms with Gasteiger partial charge in [0.05, 0.1) is 6.54 Å². The highest BCUT2D eigenvalue weighted by Gasteiger charge is 2.08. The molecule has 0 fully saturated rings. The number of aryl methyl sites for hydroxylation is 2. The number of benzene rings is 2. The van der Waals surface area contributed by atoms with Crippen LogP contribution in [-0.2, 0) is 11.3 Å². The summed E-state index contributed by atoms with van der Waals surface area (Å²) in [4.78, 5) is 13.9. The van der Waals surface area contributed by atoms with Crippen LogP contribution in [0.3, 0.4) is 0 Å². The Hall–Kier alpha value is -2.20. The lowest BCUT2D eigenvalue weighted by Crippen LogP contribution is -2.29. The fraction of sp³-hybridized carbons (Fsp3) is 0.278. The SMILES string of the molecule is Cc1ccc(NC(=O)CN(C)Cc2cccc(F)c2)cc1C. The number of hydrogen-bond donors (Lipinski definition) is 1. The summed E-state index contributed by atoms with van der Waals surface area (Å²) in [6.07, 6.45) is 0. The van der Waals surface area contributed by atoms with Crippen molar-refractivity contribution in [2.45, 2.75) is 20.4 Å². The van der Waals surface area contributed by atoms with Crippen molar-refractivity contribution in [3.8, 4) is 0 Å². The van der Waals surface area contributed by atoms with Gasteiger partial charge < -0.3 is 5.32 Å². The number of likely N-dealkylation sites (N-methyl/N-ethyl adjacent to an activating group) is 1. The van der Waals surface area contributed by atoms with Gasteiger partial charge in [-0.1, -0.05) is 18.2 Å². The molecule has 4 heteroatoms. The van der Waals surface area contributed by atoms with Gasteiger partial charge in [0.2, 0.25) is 5.91 Å². The molecule has 2 rings (SSSR count). The van der Waals surface area contributed by atoms with E-state index in [9.17, 15) is 9.18 Å². The molecule has 116 valence electrons. The van der Waals surface area contributed by atoms with Gasteiger partial charge in [0.1, 0.15) is 5.82 Å². The third-order valence-corrected chi connectivity index (χ3v) is 3.55. The van der Waals surface area contributed by atoms with Gasteiger partial charge in [0, 0.05) is 12.2 Å². The molecule has 0 saturated carbocycles. The summed E-state index contributed by atoms with van der Waals surface area (Å²) >= 11 is 0. The monoisotopic (exact) mass is 300 g/mol. The molecule has 1 amide bonds. The molecule has 0 atom stereocenters. The molecular formula is C18H21FN2O. The Kier molecular flexibility index (Phi) is 5.28. The summed E-state index contributed by atoms with van der Waals surface area (Å²) in [5.41, 5.74) is 3.99. The van der Waals surface area contributed by atoms with Crippen LogP contribution in [0.4, 0.5) is 10.1 Å². The van der Waals surface area contributed by atoms with Crippen LogP contribution in [0.5, 0.6) is 0 Å². The summed E-state index contributed by atoms with van der Waals surface area (Å²) in [7, 11) is 1.84. The standard InChI is InChI=1S/C18H21FN2O/c1-13-7-8-17(9-14(13)2)20-18(22)12-21(3)11-15-5-4-6-16(19)10-15/h4-10H,11-12H2,1-3H3,(H,20,22). The van der Waals surface area contributed by atoms with E-state index in [2.05, 4.69) is 5.32 Å². The van der Waals surface area contributed by atoms with E-state index in [1.165, 1.54) is 17.7 Å². The molecule has 0 aliphatic heterocycles. The number of nitrogens with one attached hydrogen (secondary N) is 1. The first-order valence-corrected chi connectivity index (χ1v) is 7.24. The van der Waals surface area contributed by atoms with E-state index in [1.807, 2.05) is 50.1 Å². The first-order chi connectivity index (χ1) is 10.4. The highest BCUT2D eigenvalue weighted by atomic mass is 19.1. The first-order valence-electron chi connectivity index (χ1n) is 7.24. The largest absolute Gasteiger partial charge is 0.325 e. The molecule has 0 radical (unpaired) electrons. The van der Waals surface area contributed by atoms with Gasteiger partial charge in [-0.3, -0.25) is 9.69 Å². The number of carbonyl (C=O) groups is 1. The van der Waals surface area contributed by atoms with Crippen molar-refractivity contribution < 1.29 is 9.18 Å². The molecule has 0 heterocycles. The second kappa shape index (κ2) is 7.18. The molecule has 3 nitrogen and oxygen atoms in total. The zero-order valence-electron chi connectivity index (χ0n) is 13.2. The van der Waals surface area contributed by atoms with Crippen LogP contribution in [0.15, 0.2) is 42.5 Å². The second-order valence-electron chi connectivity index (χ2n) is 5.65. The molecule has 0 unspecified atom stereocenters. The van der Waals surface area contributed by atoms with Crippen LogP contribution in [-0.4, -0.2) is 24.4 Å². The minimum absolute atomic E-state index is 0.0813. The average Bonchev–Trinajstić information content (AvgIpc) is 2.42. The third kappa shape index (κ3) is 4.67. The zero-order chi connectivity index (χ0) is 16.1. The molecule has 0 aliphatic rings. The Bertz CT molecular complexity index is 670. The summed E-state index contributed by atoms with van der Waals surface area (Å²) in [5, 5.41) is 2.88. The Morgan fingerprint density at radius 1 is 1.14 bits per heavy atom. The van der Waals surface area contributed by atoms with Crippen molar-refractivity contribution in [1.29, 1.82) is 0 Å². The first kappa shape index (κ1) is 16.2. The number of anilines is 1. The van der Waals surface area contributed by atoms with Gasteiger partial charge in [0.25, 0.3) is 0 Å². The van der Waals surface area contributed by atoms with E-state index >= 15 is 0 Å². The Labute approximate surface area is 130 Å². The topological polar surface area (TPSA) is 32.3 Å². The fourth-order valence-corrected chi connectivity index (χ4v) is 2.27. The molecule has 0 aliphatic carbocycles. The third-order valence-electron chi connectivity index (χ3n) is 3.55. The van der Waals surface area contributed by atoms with E-state index in [4.69, 9.17) is 0 Å². The maximum Gasteiger partial charge on any atom is 0.238 e. The van der Waals surface area contributed by atoms with Crippen LogP contribution >= 0.6 is 0 Å². The van der Waals surface area contributed by atoms with Crippen LogP contribution in [0, 0.1) is 19.7 Å². The summed E-state index contributed by atoms with van der Waals surface area (Å²) in [6.45, 7) is 4.83. The average molecular weight is 300 g/mol. The Morgan fingerprint density at radius 3 is 2.59 bits per heavy atom. The Morgan fingerprint density at radius 2 is 1.91 bits per heavy atom. The smallest absolute Gasteiger partial charge is 0.238 e. The van der Waals surface area contributed by atoms with Gasteiger partial charge in [0.15, 0.2) is 0 Å². The van der Waals surface area contributed by atoms with Crippen molar-refractivity contribution in [1.82, 2.24) is 4.90 Å². The van der Waals surface area contributed by atoms with Crippen LogP contribution in [0.1, 0.15) is 16.7 Å². The van der Waals surface area contributed by atoms with Crippen LogP contribution < -0.4 is 5.32 Å². The van der Waals surface area contributed by atoms with Gasteiger partial charge >= 0.3 is 0 Å². The molecule has 22 heavy (non-hydrogen) atoms. The molecule has 0 bridgehead atoms. The maximum atomic E-state index is 13.1. The lowest BCUT2D eigenvalue weighted by Gasteiger charge is -2.16. The number of rotatable bonds is 5. The van der Waals surface area contributed by atoms with Gasteiger partial charge in [-0.15, -0.1) is 0 Å². The zero-order valence-corrected chi connectivity index (χ0v) is 13.2. The molecule has 0 aromatic heterocycles. The van der Waals surface area contributed by atoms with E-state index in [-0.39, 0.29) is 18.3 Å². The second-order valence-corrected chi connectivity index (χ2v) is 5.65. The summed E-state index contributed by atoms with van der Waals surface area (Å²) < 4.78 is 13.1. The van der Waals surface area contributed by atoms with Crippen molar-refractivity contribution in [3.05, 3.63) is 65.0 Å². The van der Waals surface area contributed by atoms with Gasteiger partial charge in [-0.05, 0) is 61.9 Å². The lowest BCUT2D eigenvalue weighted by molar-refractivity contribution is -0.117. The predicted molar refractivity (Wildman–Crippen MR) is 87.3 cm³/mol. The minimum atomic E-state index is -0.259. The molecule has 2 aromatic rings. The highest BCUT2D eigenvalue weighted by molar-refractivity contribution is 5.92. The number of halogens is 1. The van der Waals surface area contributed by atoms with Gasteiger partial charge in [-0.25, -0.2) is 4.39 Å². The number of hydrogen-bond acceptors (Lipinski definition) is 2. The van der Waals surface area contributed by atoms with E-state index in [0.717, 1.165) is 16.8 Å². The van der Waals surface area contributed by atoms with Crippen molar-refractivity contribution in [2.24, 2.45) is 0 Å². The van der Waals surface area contributed by atoms with E-state index in [0.29, 0.717) is 6.54 Å². The number of nitrogens with zero attached hydrogens (tertiary/aromatic N) is 1. The minimum Gasteiger partial charge on any atom is -0.325 e. The molecule has 2 aromatic carbocycles. The number of amides is 1. The quantitative estimate of drug-likeness (QED) is 0.916. The van der Waals surface area contributed by atoms with E-state index in [1.54, 1.807) is 6.07 Å². The summed E-state index contributed by atoms with van der Waals surface area (Å²) in [6, 6.07) is 12.3. The number of carbonyl (C=O) groups excluding carboxylic acids is 1. The van der Waals surface area contributed by atoms with Crippen molar-refractivity contribution in [2.75, 3.05) is 18.9 Å². The predicted octanol–water partition coefficient (Wildman–Crippen LogP) is 3.51. The van der Waals surface area contributed by atoms with Crippen molar-refractivity contribution in [3.63, 3.8) is 0 Å². The highest BCUT2D eigenvalue weighted by Crippen LogP contribution is 2.14. The van der Waals surface area contributed by atoms with Crippen LogP contribution in [0.25, 0.3) is 0 Å². The lowest BCUT2D eigenvalue weighted by atomic mass is 10.1. The summed E-state index contributed by atoms with van der Waals surface area (Å²) in [5.74, 6) is -0.340. The molecule has 0 spiro atoms. The van der Waals surface area contributed by atoms with Crippen LogP contribution in [0.2, 0.25) is 0 Å². The molecule has 1 N–H and O–H groups in total. The molecule has 0 saturated heterocycles. The Balaban J connectivity index is 1.89.